The quantitative estimate of drug-likeness (QED) is 0.772. The minimum atomic E-state index is 0.705. The summed E-state index contributed by atoms with van der Waals surface area (Å²) < 4.78 is 2.02. The maximum Gasteiger partial charge on any atom is 0.0534 e. The molecule has 1 heterocycles. The summed E-state index contributed by atoms with van der Waals surface area (Å²) in [6.45, 7) is 7.43. The van der Waals surface area contributed by atoms with Crippen molar-refractivity contribution in [2.45, 2.75) is 26.9 Å². The molecule has 0 spiro atoms. The molecular weight excluding hydrogens is 206 g/mol. The largest absolute Gasteiger partial charge is 0.312 e. The molecule has 0 aliphatic rings. The molecule has 86 valence electrons. The Morgan fingerprint density at radius 2 is 2.33 bits per heavy atom. The first-order chi connectivity index (χ1) is 7.22. The number of nitrogens with zero attached hydrogens (tertiary/aromatic N) is 2. The molecule has 0 aromatic carbocycles. The van der Waals surface area contributed by atoms with Gasteiger partial charge in [0, 0.05) is 30.6 Å². The van der Waals surface area contributed by atoms with Gasteiger partial charge in [0.1, 0.15) is 0 Å². The molecule has 0 saturated carbocycles. The van der Waals surface area contributed by atoms with Crippen LogP contribution in [-0.2, 0) is 13.1 Å². The highest BCUT2D eigenvalue weighted by atomic mass is 32.2. The number of hydrogen-bond acceptors (Lipinski definition) is 3. The maximum absolute atomic E-state index is 4.31. The molecule has 1 aromatic rings. The first kappa shape index (κ1) is 12.6. The number of hydrogen-bond donors (Lipinski definition) is 1. The predicted molar refractivity (Wildman–Crippen MR) is 67.2 cm³/mol. The van der Waals surface area contributed by atoms with E-state index < -0.39 is 0 Å². The lowest BCUT2D eigenvalue weighted by Gasteiger charge is -2.05. The van der Waals surface area contributed by atoms with Crippen molar-refractivity contribution < 1.29 is 0 Å². The molecular formula is C11H21N3S. The zero-order valence-electron chi connectivity index (χ0n) is 9.86. The summed E-state index contributed by atoms with van der Waals surface area (Å²) in [6, 6.07) is 0. The third-order valence-corrected chi connectivity index (χ3v) is 2.68. The zero-order chi connectivity index (χ0) is 11.1. The summed E-state index contributed by atoms with van der Waals surface area (Å²) in [4.78, 5) is 0. The number of thioether (sulfide) groups is 1. The molecule has 3 nitrogen and oxygen atoms in total. The molecule has 0 fully saturated rings. The molecule has 0 bridgehead atoms. The van der Waals surface area contributed by atoms with E-state index in [9.17, 15) is 0 Å². The van der Waals surface area contributed by atoms with E-state index in [4.69, 9.17) is 0 Å². The zero-order valence-corrected chi connectivity index (χ0v) is 10.7. The van der Waals surface area contributed by atoms with Crippen molar-refractivity contribution in [2.75, 3.05) is 18.6 Å². The standard InChI is InChI=1S/C11H21N3S/c1-10(2)6-12-7-11-8-13-14(9-11)4-5-15-3/h8-10,12H,4-7H2,1-3H3. The summed E-state index contributed by atoms with van der Waals surface area (Å²) in [5, 5.41) is 7.73. The fraction of sp³-hybridized carbons (Fsp3) is 0.727. The molecule has 1 aromatic heterocycles. The van der Waals surface area contributed by atoms with Gasteiger partial charge in [0.05, 0.1) is 6.20 Å². The highest BCUT2D eigenvalue weighted by Crippen LogP contribution is 2.00. The fourth-order valence-corrected chi connectivity index (χ4v) is 1.68. The summed E-state index contributed by atoms with van der Waals surface area (Å²) in [5.41, 5.74) is 1.27. The van der Waals surface area contributed by atoms with Gasteiger partial charge < -0.3 is 5.32 Å². The highest BCUT2D eigenvalue weighted by Gasteiger charge is 1.98. The van der Waals surface area contributed by atoms with E-state index in [1.54, 1.807) is 0 Å². The first-order valence-electron chi connectivity index (χ1n) is 5.43. The number of rotatable bonds is 7. The molecule has 15 heavy (non-hydrogen) atoms. The van der Waals surface area contributed by atoms with Gasteiger partial charge in [-0.25, -0.2) is 0 Å². The van der Waals surface area contributed by atoms with Crippen molar-refractivity contribution in [3.8, 4) is 0 Å². The Balaban J connectivity index is 2.26. The van der Waals surface area contributed by atoms with Crippen LogP contribution in [0.25, 0.3) is 0 Å². The van der Waals surface area contributed by atoms with Gasteiger partial charge in [-0.05, 0) is 18.7 Å². The van der Waals surface area contributed by atoms with Crippen LogP contribution < -0.4 is 5.32 Å². The average Bonchev–Trinajstić information content (AvgIpc) is 2.62. The summed E-state index contributed by atoms with van der Waals surface area (Å²) in [6.07, 6.45) is 6.20. The van der Waals surface area contributed by atoms with Crippen LogP contribution in [0, 0.1) is 5.92 Å². The van der Waals surface area contributed by atoms with Gasteiger partial charge in [0.15, 0.2) is 0 Å². The lowest BCUT2D eigenvalue weighted by atomic mass is 10.2. The van der Waals surface area contributed by atoms with E-state index in [2.05, 4.69) is 36.7 Å². The summed E-state index contributed by atoms with van der Waals surface area (Å²) >= 11 is 1.85. The Hall–Kier alpha value is -0.480. The first-order valence-corrected chi connectivity index (χ1v) is 6.82. The van der Waals surface area contributed by atoms with Crippen molar-refractivity contribution in [1.29, 1.82) is 0 Å². The number of aryl methyl sites for hydroxylation is 1. The SMILES string of the molecule is CSCCn1cc(CNCC(C)C)cn1. The Bertz CT molecular complexity index is 271. The lowest BCUT2D eigenvalue weighted by molar-refractivity contribution is 0.552. The third kappa shape index (κ3) is 5.23. The van der Waals surface area contributed by atoms with Crippen molar-refractivity contribution in [1.82, 2.24) is 15.1 Å². The second kappa shape index (κ2) is 6.90. The van der Waals surface area contributed by atoms with Gasteiger partial charge in [-0.15, -0.1) is 0 Å². The van der Waals surface area contributed by atoms with Crippen molar-refractivity contribution >= 4 is 11.8 Å². The molecule has 0 radical (unpaired) electrons. The van der Waals surface area contributed by atoms with Crippen LogP contribution >= 0.6 is 11.8 Å². The van der Waals surface area contributed by atoms with Gasteiger partial charge in [0.25, 0.3) is 0 Å². The molecule has 0 atom stereocenters. The van der Waals surface area contributed by atoms with Crippen LogP contribution in [0.15, 0.2) is 12.4 Å². The predicted octanol–water partition coefficient (Wildman–Crippen LogP) is 1.99. The third-order valence-electron chi connectivity index (χ3n) is 2.09. The van der Waals surface area contributed by atoms with Crippen molar-refractivity contribution in [2.24, 2.45) is 5.92 Å². The fourth-order valence-electron chi connectivity index (χ4n) is 1.31. The lowest BCUT2D eigenvalue weighted by Crippen LogP contribution is -2.18. The second-order valence-corrected chi connectivity index (χ2v) is 5.11. The highest BCUT2D eigenvalue weighted by molar-refractivity contribution is 7.98. The van der Waals surface area contributed by atoms with Crippen LogP contribution in [0.1, 0.15) is 19.4 Å². The summed E-state index contributed by atoms with van der Waals surface area (Å²) in [7, 11) is 0. The topological polar surface area (TPSA) is 29.9 Å². The second-order valence-electron chi connectivity index (χ2n) is 4.13. The van der Waals surface area contributed by atoms with E-state index >= 15 is 0 Å². The van der Waals surface area contributed by atoms with Gasteiger partial charge >= 0.3 is 0 Å². The van der Waals surface area contributed by atoms with Gasteiger partial charge in [-0.3, -0.25) is 4.68 Å². The number of nitrogens with one attached hydrogen (secondary N) is 1. The molecule has 0 amide bonds. The Morgan fingerprint density at radius 3 is 3.00 bits per heavy atom. The Morgan fingerprint density at radius 1 is 1.53 bits per heavy atom. The van der Waals surface area contributed by atoms with Crippen LogP contribution in [0.2, 0.25) is 0 Å². The van der Waals surface area contributed by atoms with E-state index in [0.29, 0.717) is 5.92 Å². The molecule has 4 heteroatoms. The molecule has 0 saturated heterocycles. The molecule has 1 N–H and O–H groups in total. The van der Waals surface area contributed by atoms with Crippen LogP contribution in [0.5, 0.6) is 0 Å². The minimum absolute atomic E-state index is 0.705. The van der Waals surface area contributed by atoms with Crippen molar-refractivity contribution in [3.05, 3.63) is 18.0 Å². The van der Waals surface area contributed by atoms with E-state index in [1.165, 1.54) is 5.56 Å². The van der Waals surface area contributed by atoms with Crippen LogP contribution in [-0.4, -0.2) is 28.3 Å². The smallest absolute Gasteiger partial charge is 0.0534 e. The number of aromatic nitrogens is 2. The molecule has 1 rings (SSSR count). The van der Waals surface area contributed by atoms with E-state index in [-0.39, 0.29) is 0 Å². The maximum atomic E-state index is 4.31. The molecule has 0 unspecified atom stereocenters. The van der Waals surface area contributed by atoms with Crippen LogP contribution in [0.3, 0.4) is 0 Å². The van der Waals surface area contributed by atoms with Gasteiger partial charge in [0.2, 0.25) is 0 Å². The monoisotopic (exact) mass is 227 g/mol. The Labute approximate surface area is 96.6 Å². The molecule has 0 aliphatic carbocycles. The van der Waals surface area contributed by atoms with Crippen LogP contribution in [0.4, 0.5) is 0 Å². The molecule has 0 aliphatic heterocycles. The normalized spacial score (nSPS) is 11.2. The van der Waals surface area contributed by atoms with Gasteiger partial charge in [-0.2, -0.15) is 16.9 Å². The van der Waals surface area contributed by atoms with Crippen molar-refractivity contribution in [3.63, 3.8) is 0 Å². The minimum Gasteiger partial charge on any atom is -0.312 e. The average molecular weight is 227 g/mol. The van der Waals surface area contributed by atoms with Gasteiger partial charge in [-0.1, -0.05) is 13.8 Å². The van der Waals surface area contributed by atoms with E-state index in [0.717, 1.165) is 25.4 Å². The Kier molecular flexibility index (Phi) is 5.79. The summed E-state index contributed by atoms with van der Waals surface area (Å²) in [5.74, 6) is 1.83. The van der Waals surface area contributed by atoms with E-state index in [1.807, 2.05) is 22.6 Å².